The van der Waals surface area contributed by atoms with Crippen LogP contribution < -0.4 is 11.1 Å². The van der Waals surface area contributed by atoms with Gasteiger partial charge in [-0.2, -0.15) is 0 Å². The molecule has 3 nitrogen and oxygen atoms in total. The summed E-state index contributed by atoms with van der Waals surface area (Å²) in [5.74, 6) is 0.426. The molecule has 0 spiro atoms. The molecular formula is C9H11Br2N3. The zero-order valence-electron chi connectivity index (χ0n) is 7.72. The maximum Gasteiger partial charge on any atom is 0.193 e. The predicted molar refractivity (Wildman–Crippen MR) is 67.6 cm³/mol. The third kappa shape index (κ3) is 3.31. The molecule has 1 aromatic carbocycles. The van der Waals surface area contributed by atoms with Crippen LogP contribution >= 0.6 is 31.9 Å². The van der Waals surface area contributed by atoms with Crippen molar-refractivity contribution in [3.63, 3.8) is 0 Å². The van der Waals surface area contributed by atoms with Gasteiger partial charge in [-0.15, -0.1) is 0 Å². The highest BCUT2D eigenvalue weighted by atomic mass is 79.9. The molecular weight excluding hydrogens is 310 g/mol. The van der Waals surface area contributed by atoms with Crippen LogP contribution in [0.5, 0.6) is 0 Å². The van der Waals surface area contributed by atoms with Crippen molar-refractivity contribution < 1.29 is 0 Å². The quantitative estimate of drug-likeness (QED) is 0.650. The smallest absolute Gasteiger partial charge is 0.193 e. The Morgan fingerprint density at radius 2 is 2.21 bits per heavy atom. The molecule has 76 valence electrons. The zero-order chi connectivity index (χ0) is 10.6. The summed E-state index contributed by atoms with van der Waals surface area (Å²) in [6.45, 7) is 2.61. The fourth-order valence-corrected chi connectivity index (χ4v) is 2.08. The van der Waals surface area contributed by atoms with E-state index in [1.165, 1.54) is 0 Å². The SMILES string of the molecule is CCN=C(N)Nc1ccc(Br)cc1Br. The summed E-state index contributed by atoms with van der Waals surface area (Å²) in [5, 5.41) is 3.00. The minimum Gasteiger partial charge on any atom is -0.370 e. The topological polar surface area (TPSA) is 50.4 Å². The minimum atomic E-state index is 0.426. The summed E-state index contributed by atoms with van der Waals surface area (Å²) >= 11 is 6.80. The van der Waals surface area contributed by atoms with Gasteiger partial charge in [-0.1, -0.05) is 15.9 Å². The second kappa shape index (κ2) is 5.36. The first-order chi connectivity index (χ1) is 6.63. The van der Waals surface area contributed by atoms with E-state index in [0.717, 1.165) is 14.6 Å². The Hall–Kier alpha value is -0.550. The van der Waals surface area contributed by atoms with E-state index in [-0.39, 0.29) is 0 Å². The lowest BCUT2D eigenvalue weighted by molar-refractivity contribution is 1.12. The Morgan fingerprint density at radius 3 is 2.79 bits per heavy atom. The number of benzene rings is 1. The lowest BCUT2D eigenvalue weighted by atomic mass is 10.3. The molecule has 3 N–H and O–H groups in total. The van der Waals surface area contributed by atoms with Gasteiger partial charge in [-0.3, -0.25) is 4.99 Å². The van der Waals surface area contributed by atoms with Crippen LogP contribution in [0.2, 0.25) is 0 Å². The maximum absolute atomic E-state index is 5.63. The summed E-state index contributed by atoms with van der Waals surface area (Å²) in [6.07, 6.45) is 0. The Balaban J connectivity index is 2.82. The van der Waals surface area contributed by atoms with Crippen LogP contribution in [0.25, 0.3) is 0 Å². The van der Waals surface area contributed by atoms with Gasteiger partial charge >= 0.3 is 0 Å². The van der Waals surface area contributed by atoms with Crippen molar-refractivity contribution in [2.24, 2.45) is 10.7 Å². The third-order valence-electron chi connectivity index (χ3n) is 1.52. The molecule has 0 bridgehead atoms. The number of guanidine groups is 1. The molecule has 0 fully saturated rings. The molecule has 0 aliphatic heterocycles. The second-order valence-corrected chi connectivity index (χ2v) is 4.38. The van der Waals surface area contributed by atoms with E-state index in [2.05, 4.69) is 42.2 Å². The molecule has 0 amide bonds. The van der Waals surface area contributed by atoms with Gasteiger partial charge in [0.05, 0.1) is 5.69 Å². The van der Waals surface area contributed by atoms with Crippen molar-refractivity contribution in [2.75, 3.05) is 11.9 Å². The Bertz CT molecular complexity index is 350. The number of nitrogens with zero attached hydrogens (tertiary/aromatic N) is 1. The highest BCUT2D eigenvalue weighted by Crippen LogP contribution is 2.25. The van der Waals surface area contributed by atoms with Crippen molar-refractivity contribution in [1.82, 2.24) is 0 Å². The zero-order valence-corrected chi connectivity index (χ0v) is 10.9. The van der Waals surface area contributed by atoms with Gasteiger partial charge in [0.25, 0.3) is 0 Å². The Kier molecular flexibility index (Phi) is 4.41. The lowest BCUT2D eigenvalue weighted by Crippen LogP contribution is -2.22. The highest BCUT2D eigenvalue weighted by molar-refractivity contribution is 9.11. The number of rotatable bonds is 2. The fourth-order valence-electron chi connectivity index (χ4n) is 0.939. The van der Waals surface area contributed by atoms with Gasteiger partial charge in [0.1, 0.15) is 0 Å². The molecule has 0 heterocycles. The minimum absolute atomic E-state index is 0.426. The molecule has 14 heavy (non-hydrogen) atoms. The Morgan fingerprint density at radius 1 is 1.50 bits per heavy atom. The fraction of sp³-hybridized carbons (Fsp3) is 0.222. The lowest BCUT2D eigenvalue weighted by Gasteiger charge is -2.07. The predicted octanol–water partition coefficient (Wildman–Crippen LogP) is 2.96. The molecule has 1 aromatic rings. The van der Waals surface area contributed by atoms with E-state index >= 15 is 0 Å². The summed E-state index contributed by atoms with van der Waals surface area (Å²) < 4.78 is 1.96. The second-order valence-electron chi connectivity index (χ2n) is 2.61. The summed E-state index contributed by atoms with van der Waals surface area (Å²) in [4.78, 5) is 4.03. The number of nitrogens with two attached hydrogens (primary N) is 1. The number of hydrogen-bond donors (Lipinski definition) is 2. The van der Waals surface area contributed by atoms with E-state index in [9.17, 15) is 0 Å². The molecule has 0 radical (unpaired) electrons. The van der Waals surface area contributed by atoms with Crippen molar-refractivity contribution >= 4 is 43.5 Å². The molecule has 0 atom stereocenters. The first-order valence-electron chi connectivity index (χ1n) is 4.15. The van der Waals surface area contributed by atoms with Crippen molar-refractivity contribution in [3.8, 4) is 0 Å². The van der Waals surface area contributed by atoms with Crippen LogP contribution in [0.4, 0.5) is 5.69 Å². The van der Waals surface area contributed by atoms with Crippen LogP contribution in [-0.2, 0) is 0 Å². The molecule has 0 aliphatic carbocycles. The molecule has 0 saturated carbocycles. The van der Waals surface area contributed by atoms with Gasteiger partial charge in [-0.25, -0.2) is 0 Å². The van der Waals surface area contributed by atoms with E-state index in [4.69, 9.17) is 5.73 Å². The number of halogens is 2. The first kappa shape index (κ1) is 11.5. The Labute approximate surface area is 100 Å². The van der Waals surface area contributed by atoms with Crippen molar-refractivity contribution in [2.45, 2.75) is 6.92 Å². The van der Waals surface area contributed by atoms with Gasteiger partial charge in [0.2, 0.25) is 0 Å². The van der Waals surface area contributed by atoms with Gasteiger partial charge in [-0.05, 0) is 41.1 Å². The van der Waals surface area contributed by atoms with Crippen LogP contribution in [0.3, 0.4) is 0 Å². The van der Waals surface area contributed by atoms with E-state index < -0.39 is 0 Å². The normalized spacial score (nSPS) is 11.5. The van der Waals surface area contributed by atoms with E-state index in [1.807, 2.05) is 25.1 Å². The maximum atomic E-state index is 5.63. The average molecular weight is 321 g/mol. The van der Waals surface area contributed by atoms with E-state index in [0.29, 0.717) is 12.5 Å². The van der Waals surface area contributed by atoms with Crippen molar-refractivity contribution in [3.05, 3.63) is 27.1 Å². The summed E-state index contributed by atoms with van der Waals surface area (Å²) in [6, 6.07) is 5.81. The van der Waals surface area contributed by atoms with Crippen LogP contribution in [0, 0.1) is 0 Å². The molecule has 0 aliphatic rings. The first-order valence-corrected chi connectivity index (χ1v) is 5.74. The highest BCUT2D eigenvalue weighted by Gasteiger charge is 2.00. The monoisotopic (exact) mass is 319 g/mol. The number of nitrogens with one attached hydrogen (secondary N) is 1. The molecule has 0 unspecified atom stereocenters. The van der Waals surface area contributed by atoms with E-state index in [1.54, 1.807) is 0 Å². The summed E-state index contributed by atoms with van der Waals surface area (Å²) in [7, 11) is 0. The molecule has 5 heteroatoms. The third-order valence-corrected chi connectivity index (χ3v) is 2.67. The largest absolute Gasteiger partial charge is 0.370 e. The average Bonchev–Trinajstić information content (AvgIpc) is 2.10. The van der Waals surface area contributed by atoms with Crippen LogP contribution in [0.15, 0.2) is 32.1 Å². The number of aliphatic imine (C=N–C) groups is 1. The van der Waals surface area contributed by atoms with Crippen LogP contribution in [0.1, 0.15) is 6.92 Å². The number of anilines is 1. The van der Waals surface area contributed by atoms with Gasteiger partial charge in [0.15, 0.2) is 5.96 Å². The van der Waals surface area contributed by atoms with Crippen LogP contribution in [-0.4, -0.2) is 12.5 Å². The molecule has 0 aromatic heterocycles. The van der Waals surface area contributed by atoms with Gasteiger partial charge in [0, 0.05) is 15.5 Å². The van der Waals surface area contributed by atoms with Gasteiger partial charge < -0.3 is 11.1 Å². The number of hydrogen-bond acceptors (Lipinski definition) is 1. The standard InChI is InChI=1S/C9H11Br2N3/c1-2-13-9(12)14-8-4-3-6(10)5-7(8)11/h3-5H,2H2,1H3,(H3,12,13,14). The molecule has 0 saturated heterocycles. The summed E-state index contributed by atoms with van der Waals surface area (Å²) in [5.41, 5.74) is 6.53. The molecule has 1 rings (SSSR count). The van der Waals surface area contributed by atoms with Crippen molar-refractivity contribution in [1.29, 1.82) is 0 Å².